The van der Waals surface area contributed by atoms with Crippen LogP contribution in [0.2, 0.25) is 10.4 Å². The summed E-state index contributed by atoms with van der Waals surface area (Å²) in [5.41, 5.74) is 0.390. The van der Waals surface area contributed by atoms with Crippen LogP contribution in [0.15, 0.2) is 10.5 Å². The summed E-state index contributed by atoms with van der Waals surface area (Å²) >= 11 is 11.2. The largest absolute Gasteiger partial charge is 0.475 e. The molecule has 0 atom stereocenters. The van der Waals surface area contributed by atoms with Gasteiger partial charge in [0.25, 0.3) is 0 Å². The lowest BCUT2D eigenvalue weighted by Crippen LogP contribution is -1.91. The van der Waals surface area contributed by atoms with Crippen LogP contribution in [0.1, 0.15) is 10.6 Å². The monoisotopic (exact) mass is 232 g/mol. The molecule has 1 N–H and O–H groups in total. The molecular formula is C7H2Cl2N2O3. The normalized spacial score (nSPS) is 10.7. The first kappa shape index (κ1) is 9.23. The molecule has 0 amide bonds. The first-order chi connectivity index (χ1) is 6.58. The summed E-state index contributed by atoms with van der Waals surface area (Å²) in [6.07, 6.45) is 0. The van der Waals surface area contributed by atoms with Gasteiger partial charge in [0.05, 0.1) is 0 Å². The topological polar surface area (TPSA) is 76.2 Å². The second-order valence-corrected chi connectivity index (χ2v) is 3.11. The number of aromatic nitrogens is 2. The molecule has 72 valence electrons. The summed E-state index contributed by atoms with van der Waals surface area (Å²) in [5, 5.41) is 8.57. The molecule has 0 radical (unpaired) electrons. The molecule has 0 unspecified atom stereocenters. The first-order valence-electron chi connectivity index (χ1n) is 3.44. The molecule has 2 heterocycles. The minimum atomic E-state index is -1.20. The van der Waals surface area contributed by atoms with Crippen LogP contribution in [-0.4, -0.2) is 21.0 Å². The molecule has 0 aromatic carbocycles. The Kier molecular flexibility index (Phi) is 2.05. The zero-order valence-corrected chi connectivity index (χ0v) is 8.00. The average molecular weight is 233 g/mol. The lowest BCUT2D eigenvalue weighted by atomic mass is 10.4. The summed E-state index contributed by atoms with van der Waals surface area (Å²) in [7, 11) is 0. The molecule has 0 aliphatic heterocycles. The maximum absolute atomic E-state index is 10.5. The smallest absolute Gasteiger partial charge is 0.371 e. The van der Waals surface area contributed by atoms with Gasteiger partial charge in [0.1, 0.15) is 5.52 Å². The molecule has 0 spiro atoms. The van der Waals surface area contributed by atoms with Crippen molar-refractivity contribution in [3.05, 3.63) is 22.3 Å². The van der Waals surface area contributed by atoms with E-state index in [-0.39, 0.29) is 27.3 Å². The highest BCUT2D eigenvalue weighted by Gasteiger charge is 2.15. The number of carbonyl (C=O) groups is 1. The van der Waals surface area contributed by atoms with Crippen LogP contribution in [0.25, 0.3) is 11.1 Å². The van der Waals surface area contributed by atoms with Gasteiger partial charge in [-0.1, -0.05) is 11.6 Å². The molecule has 14 heavy (non-hydrogen) atoms. The highest BCUT2D eigenvalue weighted by Crippen LogP contribution is 2.25. The highest BCUT2D eigenvalue weighted by molar-refractivity contribution is 6.35. The minimum absolute atomic E-state index is 0.00694. The van der Waals surface area contributed by atoms with Gasteiger partial charge in [-0.3, -0.25) is 0 Å². The lowest BCUT2D eigenvalue weighted by molar-refractivity contribution is 0.0665. The predicted octanol–water partition coefficient (Wildman–Crippen LogP) is 2.23. The summed E-state index contributed by atoms with van der Waals surface area (Å²) < 4.78 is 4.90. The molecule has 2 rings (SSSR count). The van der Waals surface area contributed by atoms with E-state index in [1.807, 2.05) is 0 Å². The Bertz CT molecular complexity index is 523. The van der Waals surface area contributed by atoms with Gasteiger partial charge in [-0.2, -0.15) is 0 Å². The first-order valence-corrected chi connectivity index (χ1v) is 4.19. The summed E-state index contributed by atoms with van der Waals surface area (Å²) in [4.78, 5) is 17.9. The second kappa shape index (κ2) is 3.11. The maximum Gasteiger partial charge on any atom is 0.371 e. The van der Waals surface area contributed by atoms with Gasteiger partial charge in [0.2, 0.25) is 11.0 Å². The fourth-order valence-electron chi connectivity index (χ4n) is 0.974. The number of aromatic carboxylic acids is 1. The van der Waals surface area contributed by atoms with Crippen molar-refractivity contribution in [1.82, 2.24) is 9.97 Å². The number of carboxylic acid groups (broad SMARTS) is 1. The van der Waals surface area contributed by atoms with Crippen LogP contribution in [-0.2, 0) is 0 Å². The third-order valence-corrected chi connectivity index (χ3v) is 1.94. The van der Waals surface area contributed by atoms with E-state index in [2.05, 4.69) is 9.97 Å². The van der Waals surface area contributed by atoms with E-state index < -0.39 is 5.97 Å². The number of halogens is 2. The van der Waals surface area contributed by atoms with Gasteiger partial charge in [-0.25, -0.2) is 14.8 Å². The number of fused-ring (bicyclic) bond motifs is 1. The van der Waals surface area contributed by atoms with Gasteiger partial charge in [0.15, 0.2) is 10.7 Å². The average Bonchev–Trinajstić information content (AvgIpc) is 2.47. The molecule has 0 aliphatic rings. The standard InChI is InChI=1S/C7H2Cl2N2O3/c8-5-4-2(10-7(9)11-5)1-3(14-4)6(12)13/h1H,(H,12,13). The molecule has 0 aliphatic carbocycles. The lowest BCUT2D eigenvalue weighted by Gasteiger charge is -1.91. The van der Waals surface area contributed by atoms with Crippen molar-refractivity contribution in [2.45, 2.75) is 0 Å². The molecule has 0 saturated heterocycles. The van der Waals surface area contributed by atoms with Crippen LogP contribution in [0.5, 0.6) is 0 Å². The van der Waals surface area contributed by atoms with Crippen molar-refractivity contribution in [1.29, 1.82) is 0 Å². The van der Waals surface area contributed by atoms with Crippen molar-refractivity contribution in [2.24, 2.45) is 0 Å². The molecule has 2 aromatic rings. The molecule has 0 fully saturated rings. The predicted molar refractivity (Wildman–Crippen MR) is 48.8 cm³/mol. The van der Waals surface area contributed by atoms with Gasteiger partial charge in [-0.05, 0) is 11.6 Å². The van der Waals surface area contributed by atoms with E-state index in [4.69, 9.17) is 32.7 Å². The van der Waals surface area contributed by atoms with Crippen LogP contribution < -0.4 is 0 Å². The quantitative estimate of drug-likeness (QED) is 0.603. The number of furan rings is 1. The number of hydrogen-bond acceptors (Lipinski definition) is 4. The van der Waals surface area contributed by atoms with E-state index in [9.17, 15) is 4.79 Å². The summed E-state index contributed by atoms with van der Waals surface area (Å²) in [5.74, 6) is -1.45. The summed E-state index contributed by atoms with van der Waals surface area (Å²) in [6, 6.07) is 1.23. The fourth-order valence-corrected chi connectivity index (χ4v) is 1.41. The molecule has 2 aromatic heterocycles. The molecule has 0 bridgehead atoms. The van der Waals surface area contributed by atoms with Crippen molar-refractivity contribution in [2.75, 3.05) is 0 Å². The fraction of sp³-hybridized carbons (Fsp3) is 0. The van der Waals surface area contributed by atoms with E-state index in [1.165, 1.54) is 6.07 Å². The Balaban J connectivity index is 2.76. The maximum atomic E-state index is 10.5. The van der Waals surface area contributed by atoms with E-state index >= 15 is 0 Å². The Labute approximate surface area is 87.3 Å². The number of nitrogens with zero attached hydrogens (tertiary/aromatic N) is 2. The highest BCUT2D eigenvalue weighted by atomic mass is 35.5. The zero-order valence-electron chi connectivity index (χ0n) is 6.49. The van der Waals surface area contributed by atoms with Gasteiger partial charge in [-0.15, -0.1) is 0 Å². The number of rotatable bonds is 1. The van der Waals surface area contributed by atoms with Crippen molar-refractivity contribution in [3.8, 4) is 0 Å². The zero-order chi connectivity index (χ0) is 10.3. The van der Waals surface area contributed by atoms with Gasteiger partial charge >= 0.3 is 5.97 Å². The van der Waals surface area contributed by atoms with Crippen molar-refractivity contribution < 1.29 is 14.3 Å². The molecular weight excluding hydrogens is 231 g/mol. The molecule has 7 heteroatoms. The van der Waals surface area contributed by atoms with Crippen LogP contribution in [0, 0.1) is 0 Å². The molecule has 5 nitrogen and oxygen atoms in total. The van der Waals surface area contributed by atoms with Gasteiger partial charge < -0.3 is 9.52 Å². The second-order valence-electron chi connectivity index (χ2n) is 2.41. The number of hydrogen-bond donors (Lipinski definition) is 1. The van der Waals surface area contributed by atoms with Crippen LogP contribution in [0.3, 0.4) is 0 Å². The Morgan fingerprint density at radius 3 is 2.79 bits per heavy atom. The Hall–Kier alpha value is -1.33. The molecule has 0 saturated carbocycles. The minimum Gasteiger partial charge on any atom is -0.475 e. The van der Waals surface area contributed by atoms with Gasteiger partial charge in [0, 0.05) is 6.07 Å². The van der Waals surface area contributed by atoms with Crippen molar-refractivity contribution >= 4 is 40.3 Å². The van der Waals surface area contributed by atoms with Crippen molar-refractivity contribution in [3.63, 3.8) is 0 Å². The SMILES string of the molecule is O=C(O)c1cc2nc(Cl)nc(Cl)c2o1. The third kappa shape index (κ3) is 1.40. The van der Waals surface area contributed by atoms with Crippen LogP contribution in [0.4, 0.5) is 0 Å². The van der Waals surface area contributed by atoms with E-state index in [0.29, 0.717) is 0 Å². The third-order valence-electron chi connectivity index (χ3n) is 1.51. The number of carboxylic acids is 1. The Morgan fingerprint density at radius 2 is 2.14 bits per heavy atom. The van der Waals surface area contributed by atoms with E-state index in [0.717, 1.165) is 0 Å². The van der Waals surface area contributed by atoms with E-state index in [1.54, 1.807) is 0 Å². The Morgan fingerprint density at radius 1 is 1.43 bits per heavy atom. The van der Waals surface area contributed by atoms with Crippen LogP contribution >= 0.6 is 23.2 Å². The summed E-state index contributed by atoms with van der Waals surface area (Å²) in [6.45, 7) is 0.